The minimum absolute atomic E-state index is 0.144. The number of carboxylic acids is 1. The van der Waals surface area contributed by atoms with Gasteiger partial charge in [0.15, 0.2) is 6.10 Å². The van der Waals surface area contributed by atoms with Gasteiger partial charge in [-0.2, -0.15) is 0 Å². The van der Waals surface area contributed by atoms with Gasteiger partial charge in [-0.05, 0) is 37.6 Å². The van der Waals surface area contributed by atoms with Gasteiger partial charge in [0.2, 0.25) is 0 Å². The van der Waals surface area contributed by atoms with Crippen LogP contribution >= 0.6 is 0 Å². The topological polar surface area (TPSA) is 75.6 Å². The van der Waals surface area contributed by atoms with Crippen molar-refractivity contribution in [2.75, 3.05) is 6.54 Å². The van der Waals surface area contributed by atoms with Gasteiger partial charge in [0, 0.05) is 12.1 Å². The summed E-state index contributed by atoms with van der Waals surface area (Å²) >= 11 is 0. The number of ether oxygens (including phenoxy) is 1. The van der Waals surface area contributed by atoms with E-state index >= 15 is 0 Å². The third-order valence-corrected chi connectivity index (χ3v) is 2.31. The van der Waals surface area contributed by atoms with Gasteiger partial charge in [-0.1, -0.05) is 6.92 Å². The molecule has 0 saturated carbocycles. The van der Waals surface area contributed by atoms with Gasteiger partial charge >= 0.3 is 5.97 Å². The Hall–Kier alpha value is -2.04. The van der Waals surface area contributed by atoms with Crippen molar-refractivity contribution in [1.29, 1.82) is 0 Å². The van der Waals surface area contributed by atoms with E-state index in [4.69, 9.17) is 9.84 Å². The molecule has 2 N–H and O–H groups in total. The summed E-state index contributed by atoms with van der Waals surface area (Å²) < 4.78 is 5.16. The highest BCUT2D eigenvalue weighted by Gasteiger charge is 2.12. The fraction of sp³-hybridized carbons (Fsp3) is 0.385. The molecule has 1 atom stereocenters. The molecular weight excluding hydrogens is 234 g/mol. The summed E-state index contributed by atoms with van der Waals surface area (Å²) in [5.41, 5.74) is 0.527. The molecule has 1 aromatic carbocycles. The standard InChI is InChI=1S/C13H17NO4/c1-3-8-14-12(15)10-4-6-11(7-5-10)18-9(2)13(16)17/h4-7,9H,3,8H2,1-2H3,(H,14,15)(H,16,17). The highest BCUT2D eigenvalue weighted by molar-refractivity contribution is 5.94. The van der Waals surface area contributed by atoms with Crippen LogP contribution in [0.4, 0.5) is 0 Å². The van der Waals surface area contributed by atoms with Crippen LogP contribution in [-0.2, 0) is 4.79 Å². The highest BCUT2D eigenvalue weighted by Crippen LogP contribution is 2.14. The van der Waals surface area contributed by atoms with Crippen LogP contribution in [0.25, 0.3) is 0 Å². The molecule has 0 saturated heterocycles. The van der Waals surface area contributed by atoms with Crippen molar-refractivity contribution in [3.05, 3.63) is 29.8 Å². The lowest BCUT2D eigenvalue weighted by molar-refractivity contribution is -0.144. The molecule has 0 fully saturated rings. The van der Waals surface area contributed by atoms with Gasteiger partial charge in [-0.25, -0.2) is 4.79 Å². The van der Waals surface area contributed by atoms with Crippen LogP contribution in [0.15, 0.2) is 24.3 Å². The Labute approximate surface area is 106 Å². The quantitative estimate of drug-likeness (QED) is 0.806. The second-order valence-electron chi connectivity index (χ2n) is 3.88. The summed E-state index contributed by atoms with van der Waals surface area (Å²) in [6.45, 7) is 4.06. The number of hydrogen-bond acceptors (Lipinski definition) is 3. The van der Waals surface area contributed by atoms with E-state index in [0.29, 0.717) is 17.9 Å². The summed E-state index contributed by atoms with van der Waals surface area (Å²) in [6, 6.07) is 6.38. The van der Waals surface area contributed by atoms with E-state index in [1.165, 1.54) is 6.92 Å². The molecule has 0 aliphatic rings. The van der Waals surface area contributed by atoms with E-state index in [2.05, 4.69) is 5.32 Å². The lowest BCUT2D eigenvalue weighted by atomic mass is 10.2. The van der Waals surface area contributed by atoms with Gasteiger partial charge in [0.1, 0.15) is 5.75 Å². The van der Waals surface area contributed by atoms with Crippen molar-refractivity contribution in [2.24, 2.45) is 0 Å². The number of benzene rings is 1. The monoisotopic (exact) mass is 251 g/mol. The third kappa shape index (κ3) is 4.08. The molecule has 1 rings (SSSR count). The predicted molar refractivity (Wildman–Crippen MR) is 66.8 cm³/mol. The molecule has 5 nitrogen and oxygen atoms in total. The molecule has 0 bridgehead atoms. The smallest absolute Gasteiger partial charge is 0.344 e. The number of carbonyl (C=O) groups is 2. The number of carboxylic acid groups (broad SMARTS) is 1. The molecule has 98 valence electrons. The number of amides is 1. The van der Waals surface area contributed by atoms with Crippen molar-refractivity contribution in [3.63, 3.8) is 0 Å². The molecule has 18 heavy (non-hydrogen) atoms. The van der Waals surface area contributed by atoms with Crippen LogP contribution in [0.3, 0.4) is 0 Å². The molecule has 1 aromatic rings. The van der Waals surface area contributed by atoms with Crippen molar-refractivity contribution >= 4 is 11.9 Å². The van der Waals surface area contributed by atoms with Crippen molar-refractivity contribution in [1.82, 2.24) is 5.32 Å². The van der Waals surface area contributed by atoms with E-state index in [1.54, 1.807) is 24.3 Å². The Bertz CT molecular complexity index is 414. The van der Waals surface area contributed by atoms with E-state index in [9.17, 15) is 9.59 Å². The van der Waals surface area contributed by atoms with Crippen LogP contribution in [-0.4, -0.2) is 29.6 Å². The SMILES string of the molecule is CCCNC(=O)c1ccc(OC(C)C(=O)O)cc1. The summed E-state index contributed by atoms with van der Waals surface area (Å²) in [6.07, 6.45) is -0.0342. The average molecular weight is 251 g/mol. The predicted octanol–water partition coefficient (Wildman–Crippen LogP) is 1.68. The molecule has 1 amide bonds. The first-order valence-electron chi connectivity index (χ1n) is 5.82. The van der Waals surface area contributed by atoms with Crippen molar-refractivity contribution < 1.29 is 19.4 Å². The third-order valence-electron chi connectivity index (χ3n) is 2.31. The minimum Gasteiger partial charge on any atom is -0.479 e. The Morgan fingerprint density at radius 3 is 2.44 bits per heavy atom. The number of hydrogen-bond donors (Lipinski definition) is 2. The number of aliphatic carboxylic acids is 1. The summed E-state index contributed by atoms with van der Waals surface area (Å²) in [5, 5.41) is 11.4. The van der Waals surface area contributed by atoms with Gasteiger partial charge in [0.05, 0.1) is 0 Å². The normalized spacial score (nSPS) is 11.7. The van der Waals surface area contributed by atoms with Gasteiger partial charge in [0.25, 0.3) is 5.91 Å². The largest absolute Gasteiger partial charge is 0.479 e. The van der Waals surface area contributed by atoms with Crippen molar-refractivity contribution in [3.8, 4) is 5.75 Å². The summed E-state index contributed by atoms with van der Waals surface area (Å²) in [4.78, 5) is 22.2. The van der Waals surface area contributed by atoms with Crippen LogP contribution in [0.2, 0.25) is 0 Å². The molecule has 0 aliphatic carbocycles. The Morgan fingerprint density at radius 1 is 1.33 bits per heavy atom. The van der Waals surface area contributed by atoms with Crippen LogP contribution < -0.4 is 10.1 Å². The summed E-state index contributed by atoms with van der Waals surface area (Å²) in [5.74, 6) is -0.744. The Balaban J connectivity index is 2.62. The second kappa shape index (κ2) is 6.64. The first-order chi connectivity index (χ1) is 8.54. The molecule has 0 radical (unpaired) electrons. The zero-order valence-corrected chi connectivity index (χ0v) is 10.5. The fourth-order valence-electron chi connectivity index (χ4n) is 1.28. The highest BCUT2D eigenvalue weighted by atomic mass is 16.5. The maximum Gasteiger partial charge on any atom is 0.344 e. The Kier molecular flexibility index (Phi) is 5.17. The lowest BCUT2D eigenvalue weighted by Gasteiger charge is -2.10. The first kappa shape index (κ1) is 14.0. The van der Waals surface area contributed by atoms with Crippen LogP contribution in [0.5, 0.6) is 5.75 Å². The zero-order valence-electron chi connectivity index (χ0n) is 10.5. The zero-order chi connectivity index (χ0) is 13.5. The van der Waals surface area contributed by atoms with Crippen molar-refractivity contribution in [2.45, 2.75) is 26.4 Å². The number of nitrogens with one attached hydrogen (secondary N) is 1. The van der Waals surface area contributed by atoms with Gasteiger partial charge in [-0.3, -0.25) is 4.79 Å². The molecule has 0 aromatic heterocycles. The number of carbonyl (C=O) groups excluding carboxylic acids is 1. The van der Waals surface area contributed by atoms with E-state index in [1.807, 2.05) is 6.92 Å². The second-order valence-corrected chi connectivity index (χ2v) is 3.88. The first-order valence-corrected chi connectivity index (χ1v) is 5.82. The van der Waals surface area contributed by atoms with Crippen LogP contribution in [0.1, 0.15) is 30.6 Å². The van der Waals surface area contributed by atoms with E-state index < -0.39 is 12.1 Å². The molecular formula is C13H17NO4. The summed E-state index contributed by atoms with van der Waals surface area (Å²) in [7, 11) is 0. The maximum absolute atomic E-state index is 11.6. The van der Waals surface area contributed by atoms with Gasteiger partial charge < -0.3 is 15.2 Å². The number of rotatable bonds is 6. The minimum atomic E-state index is -1.03. The molecule has 0 heterocycles. The van der Waals surface area contributed by atoms with E-state index in [0.717, 1.165) is 6.42 Å². The van der Waals surface area contributed by atoms with Crippen LogP contribution in [0, 0.1) is 0 Å². The fourth-order valence-corrected chi connectivity index (χ4v) is 1.28. The molecule has 5 heteroatoms. The molecule has 0 spiro atoms. The Morgan fingerprint density at radius 2 is 1.94 bits per heavy atom. The lowest BCUT2D eigenvalue weighted by Crippen LogP contribution is -2.24. The van der Waals surface area contributed by atoms with E-state index in [-0.39, 0.29) is 5.91 Å². The maximum atomic E-state index is 11.6. The average Bonchev–Trinajstić information content (AvgIpc) is 2.36. The van der Waals surface area contributed by atoms with Gasteiger partial charge in [-0.15, -0.1) is 0 Å². The molecule has 1 unspecified atom stereocenters. The molecule has 0 aliphatic heterocycles.